The monoisotopic (exact) mass is 347 g/mol. The molecule has 0 spiro atoms. The van der Waals surface area contributed by atoms with Gasteiger partial charge in [0.15, 0.2) is 0 Å². The van der Waals surface area contributed by atoms with Crippen LogP contribution in [0.1, 0.15) is 13.8 Å². The minimum absolute atomic E-state index is 0.0145. The minimum atomic E-state index is -0.198. The van der Waals surface area contributed by atoms with Crippen LogP contribution in [0.5, 0.6) is 0 Å². The first kappa shape index (κ1) is 15.4. The lowest BCUT2D eigenvalue weighted by Gasteiger charge is -2.28. The van der Waals surface area contributed by atoms with Gasteiger partial charge >= 0.3 is 6.03 Å². The van der Waals surface area contributed by atoms with Gasteiger partial charge in [0.1, 0.15) is 0 Å². The van der Waals surface area contributed by atoms with Gasteiger partial charge in [0.25, 0.3) is 0 Å². The van der Waals surface area contributed by atoms with Crippen molar-refractivity contribution in [2.45, 2.75) is 19.9 Å². The fourth-order valence-corrected chi connectivity index (χ4v) is 2.05. The van der Waals surface area contributed by atoms with Crippen molar-refractivity contribution in [1.29, 1.82) is 0 Å². The summed E-state index contributed by atoms with van der Waals surface area (Å²) < 4.78 is 0.976. The van der Waals surface area contributed by atoms with Crippen molar-refractivity contribution in [3.05, 3.63) is 59.1 Å². The molecule has 0 aliphatic carbocycles. The Morgan fingerprint density at radius 3 is 2.19 bits per heavy atom. The number of hydrogen-bond acceptors (Lipinski definition) is 2. The predicted molar refractivity (Wildman–Crippen MR) is 90.2 cm³/mol. The summed E-state index contributed by atoms with van der Waals surface area (Å²) in [6.07, 6.45) is 0. The molecule has 21 heavy (non-hydrogen) atoms. The number of nitrogens with one attached hydrogen (secondary N) is 2. The highest BCUT2D eigenvalue weighted by Gasteiger charge is 2.17. The summed E-state index contributed by atoms with van der Waals surface area (Å²) in [4.78, 5) is 12.4. The van der Waals surface area contributed by atoms with E-state index in [2.05, 4.69) is 26.7 Å². The first-order valence-corrected chi connectivity index (χ1v) is 7.53. The maximum absolute atomic E-state index is 12.4. The molecule has 5 heteroatoms. The SMILES string of the molecule is CC(C)N(Nc1ccccc1)C(=O)Nc1ccc(Br)cc1. The van der Waals surface area contributed by atoms with E-state index in [1.165, 1.54) is 0 Å². The quantitative estimate of drug-likeness (QED) is 0.786. The Balaban J connectivity index is 2.07. The Bertz CT molecular complexity index is 584. The molecule has 2 rings (SSSR count). The standard InChI is InChI=1S/C16H18BrN3O/c1-12(2)20(19-15-6-4-3-5-7-15)16(21)18-14-10-8-13(17)9-11-14/h3-12,19H,1-2H3,(H,18,21). The van der Waals surface area contributed by atoms with Crippen LogP contribution in [0.4, 0.5) is 16.2 Å². The Hall–Kier alpha value is -2.01. The topological polar surface area (TPSA) is 44.4 Å². The molecule has 110 valence electrons. The highest BCUT2D eigenvalue weighted by molar-refractivity contribution is 9.10. The summed E-state index contributed by atoms with van der Waals surface area (Å²) in [5, 5.41) is 4.44. The van der Waals surface area contributed by atoms with Crippen molar-refractivity contribution in [2.75, 3.05) is 10.7 Å². The second-order valence-electron chi connectivity index (χ2n) is 4.88. The highest BCUT2D eigenvalue weighted by Crippen LogP contribution is 2.16. The fraction of sp³-hybridized carbons (Fsp3) is 0.188. The lowest BCUT2D eigenvalue weighted by atomic mass is 10.3. The third-order valence-electron chi connectivity index (χ3n) is 2.85. The van der Waals surface area contributed by atoms with Gasteiger partial charge in [-0.3, -0.25) is 5.43 Å². The first-order valence-electron chi connectivity index (χ1n) is 6.74. The molecule has 2 aromatic rings. The molecule has 0 fully saturated rings. The number of para-hydroxylation sites is 1. The second kappa shape index (κ2) is 7.13. The zero-order valence-corrected chi connectivity index (χ0v) is 13.6. The molecular formula is C16H18BrN3O. The van der Waals surface area contributed by atoms with Gasteiger partial charge in [-0.15, -0.1) is 0 Å². The van der Waals surface area contributed by atoms with Gasteiger partial charge in [-0.1, -0.05) is 34.1 Å². The van der Waals surface area contributed by atoms with Crippen LogP contribution in [0.3, 0.4) is 0 Å². The average Bonchev–Trinajstić information content (AvgIpc) is 2.48. The molecule has 0 radical (unpaired) electrons. The number of amides is 2. The lowest BCUT2D eigenvalue weighted by molar-refractivity contribution is 0.210. The van der Waals surface area contributed by atoms with Crippen molar-refractivity contribution in [1.82, 2.24) is 5.01 Å². The molecule has 0 aromatic heterocycles. The summed E-state index contributed by atoms with van der Waals surface area (Å²) in [7, 11) is 0. The summed E-state index contributed by atoms with van der Waals surface area (Å²) in [6, 6.07) is 16.9. The molecule has 0 aliphatic heterocycles. The number of anilines is 2. The Labute approximate surface area is 133 Å². The third-order valence-corrected chi connectivity index (χ3v) is 3.38. The summed E-state index contributed by atoms with van der Waals surface area (Å²) in [5.74, 6) is 0. The zero-order valence-electron chi connectivity index (χ0n) is 12.0. The van der Waals surface area contributed by atoms with Crippen LogP contribution in [0, 0.1) is 0 Å². The number of urea groups is 1. The minimum Gasteiger partial charge on any atom is -0.306 e. The molecule has 0 bridgehead atoms. The number of nitrogens with zero attached hydrogens (tertiary/aromatic N) is 1. The van der Waals surface area contributed by atoms with Gasteiger partial charge < -0.3 is 5.32 Å². The largest absolute Gasteiger partial charge is 0.340 e. The van der Waals surface area contributed by atoms with Gasteiger partial charge in [0.2, 0.25) is 0 Å². The van der Waals surface area contributed by atoms with E-state index in [9.17, 15) is 4.79 Å². The predicted octanol–water partition coefficient (Wildman–Crippen LogP) is 4.72. The second-order valence-corrected chi connectivity index (χ2v) is 5.79. The van der Waals surface area contributed by atoms with Crippen LogP contribution in [0.2, 0.25) is 0 Å². The fourth-order valence-electron chi connectivity index (χ4n) is 1.78. The van der Waals surface area contributed by atoms with Gasteiger partial charge in [-0.05, 0) is 50.2 Å². The normalized spacial score (nSPS) is 10.3. The van der Waals surface area contributed by atoms with Crippen molar-refractivity contribution in [3.63, 3.8) is 0 Å². The van der Waals surface area contributed by atoms with Crippen LogP contribution >= 0.6 is 15.9 Å². The van der Waals surface area contributed by atoms with Gasteiger partial charge in [-0.25, -0.2) is 9.80 Å². The lowest BCUT2D eigenvalue weighted by Crippen LogP contribution is -2.44. The zero-order chi connectivity index (χ0) is 15.2. The van der Waals surface area contributed by atoms with Crippen molar-refractivity contribution in [3.8, 4) is 0 Å². The molecule has 2 N–H and O–H groups in total. The molecule has 0 saturated carbocycles. The van der Waals surface area contributed by atoms with E-state index >= 15 is 0 Å². The van der Waals surface area contributed by atoms with E-state index in [0.717, 1.165) is 15.8 Å². The maximum Gasteiger partial charge on any atom is 0.340 e. The van der Waals surface area contributed by atoms with E-state index in [-0.39, 0.29) is 12.1 Å². The molecule has 0 aliphatic rings. The van der Waals surface area contributed by atoms with Crippen LogP contribution in [0.25, 0.3) is 0 Å². The number of benzene rings is 2. The Kier molecular flexibility index (Phi) is 5.22. The van der Waals surface area contributed by atoms with Crippen molar-refractivity contribution >= 4 is 33.3 Å². The third kappa shape index (κ3) is 4.49. The Morgan fingerprint density at radius 1 is 1.00 bits per heavy atom. The average molecular weight is 348 g/mol. The van der Waals surface area contributed by atoms with E-state index in [0.29, 0.717) is 0 Å². The number of halogens is 1. The molecule has 4 nitrogen and oxygen atoms in total. The molecule has 2 aromatic carbocycles. The van der Waals surface area contributed by atoms with E-state index in [1.54, 1.807) is 5.01 Å². The van der Waals surface area contributed by atoms with Crippen LogP contribution in [-0.2, 0) is 0 Å². The van der Waals surface area contributed by atoms with Crippen LogP contribution < -0.4 is 10.7 Å². The number of rotatable bonds is 4. The highest BCUT2D eigenvalue weighted by atomic mass is 79.9. The molecular weight excluding hydrogens is 330 g/mol. The molecule has 2 amide bonds. The molecule has 0 unspecified atom stereocenters. The molecule has 0 atom stereocenters. The van der Waals surface area contributed by atoms with Gasteiger partial charge in [0, 0.05) is 16.2 Å². The van der Waals surface area contributed by atoms with Crippen LogP contribution in [0.15, 0.2) is 59.1 Å². The summed E-state index contributed by atoms with van der Waals surface area (Å²) in [6.45, 7) is 3.91. The molecule has 0 saturated heterocycles. The number of hydrogen-bond donors (Lipinski definition) is 2. The van der Waals surface area contributed by atoms with Crippen molar-refractivity contribution in [2.24, 2.45) is 0 Å². The number of carbonyl (C=O) groups excluding carboxylic acids is 1. The van der Waals surface area contributed by atoms with Crippen LogP contribution in [-0.4, -0.2) is 17.1 Å². The maximum atomic E-state index is 12.4. The first-order chi connectivity index (χ1) is 10.1. The number of carbonyl (C=O) groups is 1. The van der Waals surface area contributed by atoms with E-state index in [1.807, 2.05) is 68.4 Å². The summed E-state index contributed by atoms with van der Waals surface area (Å²) in [5.41, 5.74) is 4.75. The summed E-state index contributed by atoms with van der Waals surface area (Å²) >= 11 is 3.37. The molecule has 0 heterocycles. The van der Waals surface area contributed by atoms with E-state index < -0.39 is 0 Å². The van der Waals surface area contributed by atoms with E-state index in [4.69, 9.17) is 0 Å². The Morgan fingerprint density at radius 2 is 1.62 bits per heavy atom. The smallest absolute Gasteiger partial charge is 0.306 e. The number of hydrazine groups is 1. The van der Waals surface area contributed by atoms with Gasteiger partial charge in [-0.2, -0.15) is 0 Å². The van der Waals surface area contributed by atoms with Gasteiger partial charge in [0.05, 0.1) is 5.69 Å². The van der Waals surface area contributed by atoms with Crippen molar-refractivity contribution < 1.29 is 4.79 Å².